The molecule has 0 amide bonds. The molecule has 0 spiro atoms. The van der Waals surface area contributed by atoms with Crippen LogP contribution >= 0.6 is 0 Å². The van der Waals surface area contributed by atoms with Gasteiger partial charge in [-0.1, -0.05) is 27.2 Å². The van der Waals surface area contributed by atoms with Crippen LogP contribution in [0, 0.1) is 29.1 Å². The van der Waals surface area contributed by atoms with Crippen molar-refractivity contribution in [1.29, 1.82) is 0 Å². The summed E-state index contributed by atoms with van der Waals surface area (Å²) in [7, 11) is 0. The highest BCUT2D eigenvalue weighted by atomic mass is 14.9. The van der Waals surface area contributed by atoms with Gasteiger partial charge in [-0.2, -0.15) is 0 Å². The van der Waals surface area contributed by atoms with Crippen molar-refractivity contribution in [1.82, 2.24) is 0 Å². The van der Waals surface area contributed by atoms with E-state index in [0.717, 1.165) is 23.7 Å². The molecule has 0 aromatic carbocycles. The first-order chi connectivity index (χ1) is 7.94. The zero-order chi connectivity index (χ0) is 12.3. The largest absolute Gasteiger partial charge is 0.324 e. The highest BCUT2D eigenvalue weighted by Gasteiger charge is 2.66. The van der Waals surface area contributed by atoms with E-state index in [1.165, 1.54) is 44.9 Å². The van der Waals surface area contributed by atoms with Gasteiger partial charge in [-0.3, -0.25) is 0 Å². The molecule has 0 aromatic rings. The Morgan fingerprint density at radius 3 is 1.88 bits per heavy atom. The minimum Gasteiger partial charge on any atom is -0.324 e. The smallest absolute Gasteiger partial charge is 0.0246 e. The lowest BCUT2D eigenvalue weighted by Gasteiger charge is -2.40. The fourth-order valence-corrected chi connectivity index (χ4v) is 5.11. The summed E-state index contributed by atoms with van der Waals surface area (Å²) in [5.74, 6) is 3.62. The van der Waals surface area contributed by atoms with Crippen LogP contribution in [-0.2, 0) is 0 Å². The summed E-state index contributed by atoms with van der Waals surface area (Å²) < 4.78 is 0. The predicted octanol–water partition coefficient (Wildman–Crippen LogP) is 3.97. The standard InChI is InChI=1S/C16H29N/c1-15(2,3)11-7-9-12(10-8-11)16(17)13-5-4-6-14(13)16/h11-14H,4-10,17H2,1-3H3. The number of rotatable bonds is 1. The fraction of sp³-hybridized carbons (Fsp3) is 1.00. The molecule has 1 nitrogen and oxygen atoms in total. The van der Waals surface area contributed by atoms with E-state index in [9.17, 15) is 0 Å². The second-order valence-electron chi connectivity index (χ2n) is 8.06. The van der Waals surface area contributed by atoms with Crippen LogP contribution in [0.15, 0.2) is 0 Å². The van der Waals surface area contributed by atoms with Crippen LogP contribution in [0.3, 0.4) is 0 Å². The summed E-state index contributed by atoms with van der Waals surface area (Å²) >= 11 is 0. The molecule has 1 heteroatoms. The molecule has 98 valence electrons. The van der Waals surface area contributed by atoms with Gasteiger partial charge in [0, 0.05) is 5.54 Å². The summed E-state index contributed by atoms with van der Waals surface area (Å²) in [6.45, 7) is 7.21. The summed E-state index contributed by atoms with van der Waals surface area (Å²) in [4.78, 5) is 0. The predicted molar refractivity (Wildman–Crippen MR) is 72.7 cm³/mol. The summed E-state index contributed by atoms with van der Waals surface area (Å²) in [5.41, 5.74) is 7.52. The molecule has 3 aliphatic carbocycles. The maximum absolute atomic E-state index is 6.73. The Bertz CT molecular complexity index is 283. The molecule has 3 fully saturated rings. The molecule has 3 aliphatic rings. The molecule has 2 N–H and O–H groups in total. The molecule has 3 saturated carbocycles. The van der Waals surface area contributed by atoms with Crippen molar-refractivity contribution in [3.63, 3.8) is 0 Å². The molecule has 0 aliphatic heterocycles. The third-order valence-electron chi connectivity index (χ3n) is 6.35. The molecule has 0 radical (unpaired) electrons. The van der Waals surface area contributed by atoms with Crippen LogP contribution in [-0.4, -0.2) is 5.54 Å². The van der Waals surface area contributed by atoms with Crippen LogP contribution in [0.25, 0.3) is 0 Å². The second kappa shape index (κ2) is 3.73. The number of nitrogens with two attached hydrogens (primary N) is 1. The van der Waals surface area contributed by atoms with Gasteiger partial charge in [0.15, 0.2) is 0 Å². The fourth-order valence-electron chi connectivity index (χ4n) is 5.11. The molecule has 0 saturated heterocycles. The first-order valence-corrected chi connectivity index (χ1v) is 7.73. The monoisotopic (exact) mass is 235 g/mol. The highest BCUT2D eigenvalue weighted by Crippen LogP contribution is 2.64. The molecule has 0 aromatic heterocycles. The zero-order valence-electron chi connectivity index (χ0n) is 11.8. The Kier molecular flexibility index (Phi) is 2.63. The Hall–Kier alpha value is -0.0400. The van der Waals surface area contributed by atoms with Gasteiger partial charge in [-0.05, 0) is 67.6 Å². The van der Waals surface area contributed by atoms with Crippen LogP contribution < -0.4 is 5.73 Å². The van der Waals surface area contributed by atoms with Gasteiger partial charge in [0.05, 0.1) is 0 Å². The number of hydrogen-bond acceptors (Lipinski definition) is 1. The normalized spacial score (nSPS) is 50.1. The molecule has 2 atom stereocenters. The quantitative estimate of drug-likeness (QED) is 0.731. The van der Waals surface area contributed by atoms with Crippen molar-refractivity contribution in [2.24, 2.45) is 34.8 Å². The number of hydrogen-bond donors (Lipinski definition) is 1. The minimum absolute atomic E-state index is 0.293. The average molecular weight is 235 g/mol. The maximum atomic E-state index is 6.73. The zero-order valence-corrected chi connectivity index (χ0v) is 11.8. The average Bonchev–Trinajstić information content (AvgIpc) is 2.67. The third kappa shape index (κ3) is 1.77. The van der Waals surface area contributed by atoms with Crippen molar-refractivity contribution >= 4 is 0 Å². The molecule has 17 heavy (non-hydrogen) atoms. The van der Waals surface area contributed by atoms with Gasteiger partial charge >= 0.3 is 0 Å². The van der Waals surface area contributed by atoms with E-state index in [-0.39, 0.29) is 0 Å². The van der Waals surface area contributed by atoms with Gasteiger partial charge in [0.2, 0.25) is 0 Å². The summed E-state index contributed by atoms with van der Waals surface area (Å²) in [6.07, 6.45) is 9.97. The van der Waals surface area contributed by atoms with Crippen molar-refractivity contribution in [2.75, 3.05) is 0 Å². The van der Waals surface area contributed by atoms with Crippen molar-refractivity contribution in [3.8, 4) is 0 Å². The first-order valence-electron chi connectivity index (χ1n) is 7.73. The Labute approximate surface area is 107 Å². The molecule has 0 heterocycles. The van der Waals surface area contributed by atoms with Gasteiger partial charge in [-0.25, -0.2) is 0 Å². The van der Waals surface area contributed by atoms with Crippen molar-refractivity contribution in [3.05, 3.63) is 0 Å². The van der Waals surface area contributed by atoms with E-state index in [0.29, 0.717) is 11.0 Å². The Morgan fingerprint density at radius 2 is 1.41 bits per heavy atom. The number of fused-ring (bicyclic) bond motifs is 1. The SMILES string of the molecule is CC(C)(C)C1CCC(C2(N)C3CCCC32)CC1. The van der Waals surface area contributed by atoms with Crippen LogP contribution in [0.4, 0.5) is 0 Å². The Morgan fingerprint density at radius 1 is 0.882 bits per heavy atom. The topological polar surface area (TPSA) is 26.0 Å². The van der Waals surface area contributed by atoms with Crippen molar-refractivity contribution in [2.45, 2.75) is 71.3 Å². The van der Waals surface area contributed by atoms with E-state index < -0.39 is 0 Å². The first kappa shape index (κ1) is 12.0. The summed E-state index contributed by atoms with van der Waals surface area (Å²) in [5, 5.41) is 0. The lowest BCUT2D eigenvalue weighted by Crippen LogP contribution is -2.41. The lowest BCUT2D eigenvalue weighted by atomic mass is 9.67. The Balaban J connectivity index is 1.59. The second-order valence-corrected chi connectivity index (χ2v) is 8.06. The molecular formula is C16H29N. The molecule has 0 bridgehead atoms. The van der Waals surface area contributed by atoms with E-state index >= 15 is 0 Å². The third-order valence-corrected chi connectivity index (χ3v) is 6.35. The van der Waals surface area contributed by atoms with Crippen LogP contribution in [0.1, 0.15) is 65.7 Å². The molecular weight excluding hydrogens is 206 g/mol. The minimum atomic E-state index is 0.293. The van der Waals surface area contributed by atoms with Gasteiger partial charge in [0.1, 0.15) is 0 Å². The van der Waals surface area contributed by atoms with E-state index in [1.807, 2.05) is 0 Å². The van der Waals surface area contributed by atoms with Gasteiger partial charge in [-0.15, -0.1) is 0 Å². The highest BCUT2D eigenvalue weighted by molar-refractivity contribution is 5.21. The van der Waals surface area contributed by atoms with Crippen LogP contribution in [0.2, 0.25) is 0 Å². The molecule has 3 rings (SSSR count). The van der Waals surface area contributed by atoms with Crippen molar-refractivity contribution < 1.29 is 0 Å². The van der Waals surface area contributed by atoms with Crippen LogP contribution in [0.5, 0.6) is 0 Å². The summed E-state index contributed by atoms with van der Waals surface area (Å²) in [6, 6.07) is 0. The lowest BCUT2D eigenvalue weighted by molar-refractivity contribution is 0.127. The van der Waals surface area contributed by atoms with Gasteiger partial charge in [0.25, 0.3) is 0 Å². The van der Waals surface area contributed by atoms with Gasteiger partial charge < -0.3 is 5.73 Å². The van der Waals surface area contributed by atoms with E-state index in [2.05, 4.69) is 20.8 Å². The van der Waals surface area contributed by atoms with E-state index in [1.54, 1.807) is 0 Å². The van der Waals surface area contributed by atoms with E-state index in [4.69, 9.17) is 5.73 Å². The molecule has 2 unspecified atom stereocenters. The maximum Gasteiger partial charge on any atom is 0.0246 e.